The molecule has 13 heavy (non-hydrogen) atoms. The fourth-order valence-corrected chi connectivity index (χ4v) is 2.20. The second-order valence-corrected chi connectivity index (χ2v) is 4.32. The molecule has 1 heterocycles. The van der Waals surface area contributed by atoms with Crippen molar-refractivity contribution in [3.63, 3.8) is 0 Å². The van der Waals surface area contributed by atoms with Gasteiger partial charge >= 0.3 is 0 Å². The topological polar surface area (TPSA) is 32.3 Å². The lowest BCUT2D eigenvalue weighted by molar-refractivity contribution is 0.0220. The van der Waals surface area contributed by atoms with Crippen LogP contribution in [-0.4, -0.2) is 23.8 Å². The SMILES string of the molecule is OC1(/C2=C/CCCCCC2)CNC1. The van der Waals surface area contributed by atoms with Crippen LogP contribution >= 0.6 is 0 Å². The lowest BCUT2D eigenvalue weighted by Crippen LogP contribution is -2.60. The van der Waals surface area contributed by atoms with E-state index in [1.807, 2.05) is 0 Å². The lowest BCUT2D eigenvalue weighted by Gasteiger charge is -2.40. The van der Waals surface area contributed by atoms with E-state index < -0.39 is 5.60 Å². The molecule has 2 aliphatic rings. The molecule has 0 amide bonds. The molecular formula is C11H19NO. The van der Waals surface area contributed by atoms with E-state index in [0.29, 0.717) is 0 Å². The van der Waals surface area contributed by atoms with Crippen LogP contribution in [0.15, 0.2) is 11.6 Å². The third-order valence-electron chi connectivity index (χ3n) is 3.22. The summed E-state index contributed by atoms with van der Waals surface area (Å²) in [6.45, 7) is 1.53. The van der Waals surface area contributed by atoms with Crippen molar-refractivity contribution in [1.82, 2.24) is 5.32 Å². The van der Waals surface area contributed by atoms with E-state index in [4.69, 9.17) is 0 Å². The molecule has 0 saturated carbocycles. The Morgan fingerprint density at radius 2 is 1.92 bits per heavy atom. The van der Waals surface area contributed by atoms with Crippen molar-refractivity contribution in [3.05, 3.63) is 11.6 Å². The number of hydrogen-bond acceptors (Lipinski definition) is 2. The van der Waals surface area contributed by atoms with Gasteiger partial charge in [-0.3, -0.25) is 0 Å². The summed E-state index contributed by atoms with van der Waals surface area (Å²) in [4.78, 5) is 0. The minimum atomic E-state index is -0.475. The Morgan fingerprint density at radius 1 is 1.15 bits per heavy atom. The zero-order valence-electron chi connectivity index (χ0n) is 8.18. The molecule has 1 fully saturated rings. The summed E-state index contributed by atoms with van der Waals surface area (Å²) in [5.41, 5.74) is 0.822. The molecule has 2 N–H and O–H groups in total. The van der Waals surface area contributed by atoms with Gasteiger partial charge in [0.2, 0.25) is 0 Å². The van der Waals surface area contributed by atoms with Gasteiger partial charge in [-0.1, -0.05) is 18.9 Å². The molecule has 1 aliphatic heterocycles. The number of rotatable bonds is 1. The Kier molecular flexibility index (Phi) is 2.70. The molecule has 0 aromatic heterocycles. The van der Waals surface area contributed by atoms with Crippen molar-refractivity contribution in [2.24, 2.45) is 0 Å². The molecule has 2 heteroatoms. The van der Waals surface area contributed by atoms with Crippen LogP contribution in [-0.2, 0) is 0 Å². The molecule has 2 rings (SSSR count). The maximum absolute atomic E-state index is 10.1. The van der Waals surface area contributed by atoms with Gasteiger partial charge in [-0.2, -0.15) is 0 Å². The molecule has 1 aliphatic carbocycles. The van der Waals surface area contributed by atoms with E-state index in [-0.39, 0.29) is 0 Å². The second-order valence-electron chi connectivity index (χ2n) is 4.32. The standard InChI is InChI=1S/C11H19NO/c13-11(8-12-9-11)10-6-4-2-1-3-5-7-10/h6,12-13H,1-5,7-9H2/b10-6+. The smallest absolute Gasteiger partial charge is 0.110 e. The van der Waals surface area contributed by atoms with Crippen LogP contribution < -0.4 is 5.32 Å². The predicted octanol–water partition coefficient (Wildman–Crippen LogP) is 1.60. The largest absolute Gasteiger partial charge is 0.383 e. The average molecular weight is 181 g/mol. The normalized spacial score (nSPS) is 32.2. The number of β-amino-alcohol motifs (C(OH)–C–C–N with tert-alkyl or cyclic N) is 1. The summed E-state index contributed by atoms with van der Waals surface area (Å²) >= 11 is 0. The van der Waals surface area contributed by atoms with E-state index >= 15 is 0 Å². The fraction of sp³-hybridized carbons (Fsp3) is 0.818. The highest BCUT2D eigenvalue weighted by atomic mass is 16.3. The van der Waals surface area contributed by atoms with Crippen LogP contribution in [0.1, 0.15) is 38.5 Å². The maximum Gasteiger partial charge on any atom is 0.110 e. The van der Waals surface area contributed by atoms with Gasteiger partial charge in [0, 0.05) is 13.1 Å². The molecule has 0 unspecified atom stereocenters. The molecular weight excluding hydrogens is 162 g/mol. The molecule has 0 bridgehead atoms. The van der Waals surface area contributed by atoms with Crippen LogP contribution in [0.2, 0.25) is 0 Å². The zero-order chi connectivity index (χ0) is 9.15. The molecule has 0 aromatic carbocycles. The highest BCUT2D eigenvalue weighted by Crippen LogP contribution is 2.28. The number of allylic oxidation sites excluding steroid dienone is 1. The fourth-order valence-electron chi connectivity index (χ4n) is 2.20. The second kappa shape index (κ2) is 3.81. The highest BCUT2D eigenvalue weighted by molar-refractivity contribution is 5.22. The van der Waals surface area contributed by atoms with Gasteiger partial charge in [-0.15, -0.1) is 0 Å². The summed E-state index contributed by atoms with van der Waals surface area (Å²) in [5, 5.41) is 13.3. The van der Waals surface area contributed by atoms with Crippen molar-refractivity contribution in [2.75, 3.05) is 13.1 Å². The number of aliphatic hydroxyl groups is 1. The highest BCUT2D eigenvalue weighted by Gasteiger charge is 2.37. The molecule has 74 valence electrons. The first-order valence-corrected chi connectivity index (χ1v) is 5.44. The monoisotopic (exact) mass is 181 g/mol. The molecule has 0 aromatic rings. The lowest BCUT2D eigenvalue weighted by atomic mass is 9.83. The van der Waals surface area contributed by atoms with Gasteiger partial charge in [0.05, 0.1) is 0 Å². The van der Waals surface area contributed by atoms with Crippen LogP contribution in [0, 0.1) is 0 Å². The van der Waals surface area contributed by atoms with E-state index in [2.05, 4.69) is 11.4 Å². The van der Waals surface area contributed by atoms with Gasteiger partial charge in [-0.05, 0) is 31.3 Å². The zero-order valence-corrected chi connectivity index (χ0v) is 8.18. The number of nitrogens with one attached hydrogen (secondary N) is 1. The van der Waals surface area contributed by atoms with Crippen molar-refractivity contribution in [3.8, 4) is 0 Å². The Balaban J connectivity index is 2.01. The summed E-state index contributed by atoms with van der Waals surface area (Å²) < 4.78 is 0. The van der Waals surface area contributed by atoms with Gasteiger partial charge < -0.3 is 10.4 Å². The minimum absolute atomic E-state index is 0.475. The first-order chi connectivity index (χ1) is 6.31. The first-order valence-electron chi connectivity index (χ1n) is 5.44. The molecule has 1 saturated heterocycles. The van der Waals surface area contributed by atoms with Crippen LogP contribution in [0.5, 0.6) is 0 Å². The molecule has 0 atom stereocenters. The summed E-state index contributed by atoms with van der Waals surface area (Å²) in [7, 11) is 0. The third kappa shape index (κ3) is 1.94. The summed E-state index contributed by atoms with van der Waals surface area (Å²) in [6, 6.07) is 0. The van der Waals surface area contributed by atoms with E-state index in [9.17, 15) is 5.11 Å². The maximum atomic E-state index is 10.1. The van der Waals surface area contributed by atoms with Crippen molar-refractivity contribution >= 4 is 0 Å². The molecule has 0 spiro atoms. The van der Waals surface area contributed by atoms with Crippen molar-refractivity contribution in [2.45, 2.75) is 44.1 Å². The quantitative estimate of drug-likeness (QED) is 0.602. The van der Waals surface area contributed by atoms with Gasteiger partial charge in [0.15, 0.2) is 0 Å². The Morgan fingerprint density at radius 3 is 2.62 bits per heavy atom. The van der Waals surface area contributed by atoms with Gasteiger partial charge in [0.25, 0.3) is 0 Å². The third-order valence-corrected chi connectivity index (χ3v) is 3.22. The van der Waals surface area contributed by atoms with E-state index in [0.717, 1.165) is 25.9 Å². The van der Waals surface area contributed by atoms with Gasteiger partial charge in [0.1, 0.15) is 5.60 Å². The number of hydrogen-bond donors (Lipinski definition) is 2. The first kappa shape index (κ1) is 9.22. The van der Waals surface area contributed by atoms with Crippen LogP contribution in [0.4, 0.5) is 0 Å². The van der Waals surface area contributed by atoms with Crippen LogP contribution in [0.25, 0.3) is 0 Å². The Labute approximate surface area is 80.0 Å². The van der Waals surface area contributed by atoms with Crippen LogP contribution in [0.3, 0.4) is 0 Å². The minimum Gasteiger partial charge on any atom is -0.383 e. The van der Waals surface area contributed by atoms with E-state index in [1.54, 1.807) is 0 Å². The summed E-state index contributed by atoms with van der Waals surface area (Å²) in [5.74, 6) is 0. The summed E-state index contributed by atoms with van der Waals surface area (Å²) in [6.07, 6.45) is 9.80. The molecule has 0 radical (unpaired) electrons. The molecule has 2 nitrogen and oxygen atoms in total. The van der Waals surface area contributed by atoms with Crippen molar-refractivity contribution in [1.29, 1.82) is 0 Å². The van der Waals surface area contributed by atoms with E-state index in [1.165, 1.54) is 31.3 Å². The Hall–Kier alpha value is -0.340. The average Bonchev–Trinajstić information content (AvgIpc) is 1.99. The Bertz CT molecular complexity index is 206. The van der Waals surface area contributed by atoms with Gasteiger partial charge in [-0.25, -0.2) is 0 Å². The van der Waals surface area contributed by atoms with Crippen molar-refractivity contribution < 1.29 is 5.11 Å². The predicted molar refractivity (Wildman–Crippen MR) is 53.6 cm³/mol.